The van der Waals surface area contributed by atoms with Crippen LogP contribution in [0.4, 0.5) is 4.39 Å². The number of hydrogen-bond acceptors (Lipinski definition) is 2. The van der Waals surface area contributed by atoms with Crippen LogP contribution in [-0.4, -0.2) is 12.2 Å². The minimum atomic E-state index is -0.472. The van der Waals surface area contributed by atoms with Crippen LogP contribution in [-0.2, 0) is 6.61 Å². The summed E-state index contributed by atoms with van der Waals surface area (Å²) in [4.78, 5) is 0. The lowest BCUT2D eigenvalue weighted by Crippen LogP contribution is -1.97. The van der Waals surface area contributed by atoms with Gasteiger partial charge in [0.2, 0.25) is 0 Å². The quantitative estimate of drug-likeness (QED) is 0.731. The van der Waals surface area contributed by atoms with Crippen molar-refractivity contribution in [1.82, 2.24) is 0 Å². The number of ether oxygens (including phenoxy) is 1. The van der Waals surface area contributed by atoms with E-state index < -0.39 is 5.82 Å². The molecule has 0 saturated carbocycles. The third-order valence-corrected chi connectivity index (χ3v) is 1.82. The summed E-state index contributed by atoms with van der Waals surface area (Å²) in [5.41, 5.74) is 1.03. The fourth-order valence-electron chi connectivity index (χ4n) is 1.05. The first-order valence-corrected chi connectivity index (χ1v) is 3.63. The number of aliphatic hydroxyl groups is 1. The van der Waals surface area contributed by atoms with Gasteiger partial charge in [0.15, 0.2) is 11.6 Å². The molecule has 0 bridgehead atoms. The Bertz CT molecular complexity index is 284. The Morgan fingerprint density at radius 1 is 1.50 bits per heavy atom. The molecule has 0 aliphatic heterocycles. The van der Waals surface area contributed by atoms with Crippen molar-refractivity contribution in [3.63, 3.8) is 0 Å². The predicted molar refractivity (Wildman–Crippen MR) is 43.6 cm³/mol. The number of aryl methyl sites for hydroxylation is 1. The van der Waals surface area contributed by atoms with Gasteiger partial charge in [-0.3, -0.25) is 0 Å². The Kier molecular flexibility index (Phi) is 2.65. The van der Waals surface area contributed by atoms with Gasteiger partial charge in [-0.2, -0.15) is 0 Å². The summed E-state index contributed by atoms with van der Waals surface area (Å²) in [6.07, 6.45) is 0. The summed E-state index contributed by atoms with van der Waals surface area (Å²) >= 11 is 0. The Hall–Kier alpha value is -1.09. The minimum Gasteiger partial charge on any atom is -0.494 e. The molecule has 0 aliphatic carbocycles. The highest BCUT2D eigenvalue weighted by molar-refractivity contribution is 5.36. The van der Waals surface area contributed by atoms with Crippen molar-refractivity contribution < 1.29 is 14.2 Å². The van der Waals surface area contributed by atoms with Gasteiger partial charge in [0, 0.05) is 5.56 Å². The van der Waals surface area contributed by atoms with E-state index in [2.05, 4.69) is 0 Å². The van der Waals surface area contributed by atoms with Gasteiger partial charge in [-0.15, -0.1) is 0 Å². The Morgan fingerprint density at radius 3 is 2.67 bits per heavy atom. The molecule has 0 heterocycles. The third-order valence-electron chi connectivity index (χ3n) is 1.82. The zero-order valence-electron chi connectivity index (χ0n) is 7.10. The van der Waals surface area contributed by atoms with Crippen molar-refractivity contribution >= 4 is 0 Å². The molecule has 0 atom stereocenters. The number of methoxy groups -OCH3 is 1. The number of hydrogen-bond donors (Lipinski definition) is 1. The average molecular weight is 170 g/mol. The van der Waals surface area contributed by atoms with E-state index in [1.54, 1.807) is 19.1 Å². The van der Waals surface area contributed by atoms with E-state index >= 15 is 0 Å². The molecule has 0 aliphatic rings. The first-order valence-electron chi connectivity index (χ1n) is 3.63. The van der Waals surface area contributed by atoms with Crippen LogP contribution in [0.15, 0.2) is 12.1 Å². The normalized spacial score (nSPS) is 10.0. The largest absolute Gasteiger partial charge is 0.494 e. The highest BCUT2D eigenvalue weighted by atomic mass is 19.1. The Morgan fingerprint density at radius 2 is 2.17 bits per heavy atom. The van der Waals surface area contributed by atoms with Gasteiger partial charge in [-0.05, 0) is 18.6 Å². The summed E-state index contributed by atoms with van der Waals surface area (Å²) in [7, 11) is 1.40. The molecule has 0 aromatic heterocycles. The van der Waals surface area contributed by atoms with Crippen molar-refractivity contribution in [2.75, 3.05) is 7.11 Å². The van der Waals surface area contributed by atoms with Crippen LogP contribution in [0, 0.1) is 12.7 Å². The fraction of sp³-hybridized carbons (Fsp3) is 0.333. The molecule has 0 saturated heterocycles. The summed E-state index contributed by atoms with van der Waals surface area (Å²) in [5, 5.41) is 8.82. The predicted octanol–water partition coefficient (Wildman–Crippen LogP) is 1.64. The monoisotopic (exact) mass is 170 g/mol. The summed E-state index contributed by atoms with van der Waals surface area (Å²) in [6.45, 7) is 1.45. The van der Waals surface area contributed by atoms with Gasteiger partial charge in [0.25, 0.3) is 0 Å². The van der Waals surface area contributed by atoms with Crippen LogP contribution in [0.5, 0.6) is 5.75 Å². The molecular weight excluding hydrogens is 159 g/mol. The van der Waals surface area contributed by atoms with Crippen LogP contribution in [0.2, 0.25) is 0 Å². The number of aliphatic hydroxyl groups excluding tert-OH is 1. The van der Waals surface area contributed by atoms with Gasteiger partial charge in [0.05, 0.1) is 13.7 Å². The maximum absolute atomic E-state index is 13.2. The van der Waals surface area contributed by atoms with E-state index in [4.69, 9.17) is 9.84 Å². The maximum atomic E-state index is 13.2. The van der Waals surface area contributed by atoms with Gasteiger partial charge in [-0.25, -0.2) is 4.39 Å². The molecule has 12 heavy (non-hydrogen) atoms. The molecule has 1 rings (SSSR count). The number of benzene rings is 1. The lowest BCUT2D eigenvalue weighted by Gasteiger charge is -2.07. The average Bonchev–Trinajstić information content (AvgIpc) is 2.06. The Labute approximate surface area is 70.6 Å². The third kappa shape index (κ3) is 1.41. The fourth-order valence-corrected chi connectivity index (χ4v) is 1.05. The molecule has 3 heteroatoms. The standard InChI is InChI=1S/C9H11FO2/c1-6-3-4-8(12-2)9(10)7(6)5-11/h3-4,11H,5H2,1-2H3. The van der Waals surface area contributed by atoms with Gasteiger partial charge in [-0.1, -0.05) is 6.07 Å². The molecule has 0 amide bonds. The van der Waals surface area contributed by atoms with Crippen molar-refractivity contribution in [1.29, 1.82) is 0 Å². The summed E-state index contributed by atoms with van der Waals surface area (Å²) in [5.74, 6) is -0.301. The van der Waals surface area contributed by atoms with Crippen molar-refractivity contribution in [2.45, 2.75) is 13.5 Å². The van der Waals surface area contributed by atoms with E-state index in [0.29, 0.717) is 5.56 Å². The highest BCUT2D eigenvalue weighted by Crippen LogP contribution is 2.22. The van der Waals surface area contributed by atoms with Gasteiger partial charge >= 0.3 is 0 Å². The van der Waals surface area contributed by atoms with E-state index in [1.807, 2.05) is 0 Å². The molecule has 66 valence electrons. The second-order valence-electron chi connectivity index (χ2n) is 2.54. The topological polar surface area (TPSA) is 29.5 Å². The first kappa shape index (κ1) is 9.00. The molecular formula is C9H11FO2. The Balaban J connectivity index is 3.24. The van der Waals surface area contributed by atoms with E-state index in [1.165, 1.54) is 7.11 Å². The van der Waals surface area contributed by atoms with Crippen LogP contribution in [0.1, 0.15) is 11.1 Å². The van der Waals surface area contributed by atoms with Gasteiger partial charge < -0.3 is 9.84 Å². The number of rotatable bonds is 2. The molecule has 2 nitrogen and oxygen atoms in total. The first-order chi connectivity index (χ1) is 5.70. The zero-order chi connectivity index (χ0) is 9.14. The van der Waals surface area contributed by atoms with Crippen molar-refractivity contribution in [2.24, 2.45) is 0 Å². The molecule has 0 radical (unpaired) electrons. The van der Waals surface area contributed by atoms with Crippen molar-refractivity contribution in [3.05, 3.63) is 29.1 Å². The molecule has 0 fully saturated rings. The summed E-state index contributed by atoms with van der Waals surface area (Å²) < 4.78 is 18.0. The van der Waals surface area contributed by atoms with Crippen molar-refractivity contribution in [3.8, 4) is 5.75 Å². The van der Waals surface area contributed by atoms with Crippen LogP contribution >= 0.6 is 0 Å². The summed E-state index contributed by atoms with van der Waals surface area (Å²) in [6, 6.07) is 3.26. The SMILES string of the molecule is COc1ccc(C)c(CO)c1F. The van der Waals surface area contributed by atoms with Crippen LogP contribution in [0.25, 0.3) is 0 Å². The van der Waals surface area contributed by atoms with E-state index in [9.17, 15) is 4.39 Å². The van der Waals surface area contributed by atoms with Crippen LogP contribution < -0.4 is 4.74 Å². The van der Waals surface area contributed by atoms with Crippen LogP contribution in [0.3, 0.4) is 0 Å². The molecule has 0 unspecified atom stereocenters. The molecule has 1 N–H and O–H groups in total. The maximum Gasteiger partial charge on any atom is 0.170 e. The smallest absolute Gasteiger partial charge is 0.170 e. The minimum absolute atomic E-state index is 0.171. The molecule has 0 spiro atoms. The van der Waals surface area contributed by atoms with E-state index in [-0.39, 0.29) is 12.4 Å². The zero-order valence-corrected chi connectivity index (χ0v) is 7.10. The molecule has 1 aromatic rings. The lowest BCUT2D eigenvalue weighted by molar-refractivity contribution is 0.271. The second kappa shape index (κ2) is 3.54. The van der Waals surface area contributed by atoms with E-state index in [0.717, 1.165) is 5.56 Å². The van der Waals surface area contributed by atoms with Gasteiger partial charge in [0.1, 0.15) is 0 Å². The highest BCUT2D eigenvalue weighted by Gasteiger charge is 2.09. The number of halogens is 1. The molecule has 1 aromatic carbocycles. The second-order valence-corrected chi connectivity index (χ2v) is 2.54. The lowest BCUT2D eigenvalue weighted by atomic mass is 10.1.